The molecule has 0 radical (unpaired) electrons. The number of carbonyl (C=O) groups excluding carboxylic acids is 3. The second-order valence-electron chi connectivity index (χ2n) is 6.13. The SMILES string of the molecule is C=CCc1cc(/C=C2\C(=O)NC(=O)N(c3ccccc3Cl)C2=O)cc(OC)c1O. The number of amides is 4. The van der Waals surface area contributed by atoms with Crippen LogP contribution in [-0.2, 0) is 16.0 Å². The van der Waals surface area contributed by atoms with Gasteiger partial charge in [0.2, 0.25) is 0 Å². The first-order chi connectivity index (χ1) is 13.9. The zero-order valence-corrected chi connectivity index (χ0v) is 16.2. The third-order valence-corrected chi connectivity index (χ3v) is 4.59. The van der Waals surface area contributed by atoms with Gasteiger partial charge >= 0.3 is 6.03 Å². The number of carbonyl (C=O) groups is 3. The lowest BCUT2D eigenvalue weighted by molar-refractivity contribution is -0.122. The van der Waals surface area contributed by atoms with Gasteiger partial charge in [0, 0.05) is 5.56 Å². The summed E-state index contributed by atoms with van der Waals surface area (Å²) in [5.41, 5.74) is 0.838. The van der Waals surface area contributed by atoms with E-state index in [-0.39, 0.29) is 27.8 Å². The van der Waals surface area contributed by atoms with Crippen molar-refractivity contribution in [1.29, 1.82) is 0 Å². The van der Waals surface area contributed by atoms with Crippen LogP contribution in [0.5, 0.6) is 11.5 Å². The molecule has 0 saturated carbocycles. The number of anilines is 1. The van der Waals surface area contributed by atoms with E-state index in [9.17, 15) is 19.5 Å². The Morgan fingerprint density at radius 2 is 1.97 bits per heavy atom. The molecule has 2 N–H and O–H groups in total. The molecule has 0 unspecified atom stereocenters. The number of allylic oxidation sites excluding steroid dienone is 1. The quantitative estimate of drug-likeness (QED) is 0.445. The average Bonchev–Trinajstić information content (AvgIpc) is 2.68. The minimum absolute atomic E-state index is 0.0538. The first-order valence-electron chi connectivity index (χ1n) is 8.54. The third-order valence-electron chi connectivity index (χ3n) is 4.27. The molecule has 1 fully saturated rings. The van der Waals surface area contributed by atoms with Crippen molar-refractivity contribution in [2.24, 2.45) is 0 Å². The van der Waals surface area contributed by atoms with Gasteiger partial charge in [0.25, 0.3) is 11.8 Å². The lowest BCUT2D eigenvalue weighted by atomic mass is 10.0. The lowest BCUT2D eigenvalue weighted by Crippen LogP contribution is -2.54. The van der Waals surface area contributed by atoms with E-state index in [4.69, 9.17) is 16.3 Å². The maximum Gasteiger partial charge on any atom is 0.335 e. The molecule has 1 aliphatic rings. The van der Waals surface area contributed by atoms with Crippen LogP contribution in [0.25, 0.3) is 6.08 Å². The number of phenols is 1. The highest BCUT2D eigenvalue weighted by Gasteiger charge is 2.37. The summed E-state index contributed by atoms with van der Waals surface area (Å²) in [7, 11) is 1.39. The minimum Gasteiger partial charge on any atom is -0.504 e. The summed E-state index contributed by atoms with van der Waals surface area (Å²) in [6.45, 7) is 3.64. The summed E-state index contributed by atoms with van der Waals surface area (Å²) < 4.78 is 5.16. The Bertz CT molecular complexity index is 1060. The van der Waals surface area contributed by atoms with Crippen LogP contribution in [0.2, 0.25) is 5.02 Å². The molecule has 1 saturated heterocycles. The molecule has 0 spiro atoms. The smallest absolute Gasteiger partial charge is 0.335 e. The van der Waals surface area contributed by atoms with E-state index in [2.05, 4.69) is 11.9 Å². The number of barbiturate groups is 1. The summed E-state index contributed by atoms with van der Waals surface area (Å²) in [5.74, 6) is -1.52. The van der Waals surface area contributed by atoms with Gasteiger partial charge in [0.1, 0.15) is 5.57 Å². The molecule has 2 aromatic carbocycles. The Balaban J connectivity index is 2.09. The zero-order valence-electron chi connectivity index (χ0n) is 15.4. The van der Waals surface area contributed by atoms with Gasteiger partial charge in [-0.15, -0.1) is 6.58 Å². The number of imide groups is 2. The van der Waals surface area contributed by atoms with E-state index in [0.29, 0.717) is 17.5 Å². The van der Waals surface area contributed by atoms with Gasteiger partial charge in [-0.3, -0.25) is 14.9 Å². The van der Waals surface area contributed by atoms with E-state index >= 15 is 0 Å². The van der Waals surface area contributed by atoms with Crippen LogP contribution in [0.3, 0.4) is 0 Å². The molecule has 4 amide bonds. The number of para-hydroxylation sites is 1. The normalized spacial score (nSPS) is 15.4. The van der Waals surface area contributed by atoms with Crippen molar-refractivity contribution in [2.45, 2.75) is 6.42 Å². The summed E-state index contributed by atoms with van der Waals surface area (Å²) in [5, 5.41) is 12.5. The molecule has 0 aliphatic carbocycles. The monoisotopic (exact) mass is 412 g/mol. The fourth-order valence-corrected chi connectivity index (χ4v) is 3.14. The number of halogens is 1. The summed E-state index contributed by atoms with van der Waals surface area (Å²) in [4.78, 5) is 38.4. The highest BCUT2D eigenvalue weighted by atomic mass is 35.5. The van der Waals surface area contributed by atoms with Gasteiger partial charge in [0.15, 0.2) is 11.5 Å². The summed E-state index contributed by atoms with van der Waals surface area (Å²) in [6, 6.07) is 8.50. The van der Waals surface area contributed by atoms with Crippen LogP contribution in [-0.4, -0.2) is 30.1 Å². The molecule has 1 aliphatic heterocycles. The molecule has 0 bridgehead atoms. The number of hydrogen-bond acceptors (Lipinski definition) is 5. The molecular weight excluding hydrogens is 396 g/mol. The van der Waals surface area contributed by atoms with Crippen LogP contribution in [0.4, 0.5) is 10.5 Å². The number of rotatable bonds is 5. The molecule has 0 atom stereocenters. The van der Waals surface area contributed by atoms with Crippen LogP contribution >= 0.6 is 11.6 Å². The number of nitrogens with zero attached hydrogens (tertiary/aromatic N) is 1. The van der Waals surface area contributed by atoms with E-state index in [1.165, 1.54) is 31.4 Å². The number of nitrogens with one attached hydrogen (secondary N) is 1. The molecule has 8 heteroatoms. The van der Waals surface area contributed by atoms with Gasteiger partial charge in [-0.2, -0.15) is 0 Å². The molecule has 148 valence electrons. The van der Waals surface area contributed by atoms with Crippen molar-refractivity contribution < 1.29 is 24.2 Å². The molecular formula is C21H17ClN2O5. The number of phenolic OH excluding ortho intramolecular Hbond substituents is 1. The number of aromatic hydroxyl groups is 1. The van der Waals surface area contributed by atoms with E-state index in [0.717, 1.165) is 4.90 Å². The average molecular weight is 413 g/mol. The summed E-state index contributed by atoms with van der Waals surface area (Å²) >= 11 is 6.11. The van der Waals surface area contributed by atoms with E-state index < -0.39 is 17.8 Å². The molecule has 1 heterocycles. The van der Waals surface area contributed by atoms with Gasteiger partial charge < -0.3 is 9.84 Å². The highest BCUT2D eigenvalue weighted by Crippen LogP contribution is 2.34. The predicted molar refractivity (Wildman–Crippen MR) is 109 cm³/mol. The van der Waals surface area contributed by atoms with Crippen molar-refractivity contribution in [3.05, 3.63) is 70.8 Å². The van der Waals surface area contributed by atoms with Crippen molar-refractivity contribution in [3.8, 4) is 11.5 Å². The van der Waals surface area contributed by atoms with Crippen LogP contribution in [0.1, 0.15) is 11.1 Å². The second kappa shape index (κ2) is 8.20. The van der Waals surface area contributed by atoms with Gasteiger partial charge in [-0.05, 0) is 42.3 Å². The van der Waals surface area contributed by atoms with Gasteiger partial charge in [-0.25, -0.2) is 9.69 Å². The largest absolute Gasteiger partial charge is 0.504 e. The predicted octanol–water partition coefficient (Wildman–Crippen LogP) is 3.45. The number of urea groups is 1. The van der Waals surface area contributed by atoms with Crippen molar-refractivity contribution in [1.82, 2.24) is 5.32 Å². The second-order valence-corrected chi connectivity index (χ2v) is 6.54. The Kier molecular flexibility index (Phi) is 5.70. The number of ether oxygens (including phenoxy) is 1. The standard InChI is InChI=1S/C21H17ClN2O5/c1-3-6-13-9-12(11-17(29-2)18(13)25)10-14-19(26)23-21(28)24(20(14)27)16-8-5-4-7-15(16)22/h3-5,7-11,25H,1,6H2,2H3,(H,23,26,28)/b14-10+. The molecule has 0 aromatic heterocycles. The first-order valence-corrected chi connectivity index (χ1v) is 8.92. The van der Waals surface area contributed by atoms with Crippen LogP contribution in [0, 0.1) is 0 Å². The van der Waals surface area contributed by atoms with E-state index in [1.807, 2.05) is 0 Å². The number of hydrogen-bond donors (Lipinski definition) is 2. The topological polar surface area (TPSA) is 95.9 Å². The van der Waals surface area contributed by atoms with Gasteiger partial charge in [-0.1, -0.05) is 29.8 Å². The minimum atomic E-state index is -0.888. The number of benzene rings is 2. The molecule has 7 nitrogen and oxygen atoms in total. The van der Waals surface area contributed by atoms with Gasteiger partial charge in [0.05, 0.1) is 17.8 Å². The highest BCUT2D eigenvalue weighted by molar-refractivity contribution is 6.42. The van der Waals surface area contributed by atoms with Crippen LogP contribution < -0.4 is 15.0 Å². The first kappa shape index (κ1) is 20.2. The Morgan fingerprint density at radius 1 is 1.24 bits per heavy atom. The molecule has 29 heavy (non-hydrogen) atoms. The Labute approximate surface area is 171 Å². The Hall–Kier alpha value is -3.58. The van der Waals surface area contributed by atoms with Crippen molar-refractivity contribution >= 4 is 41.2 Å². The fraction of sp³-hybridized carbons (Fsp3) is 0.0952. The number of methoxy groups -OCH3 is 1. The lowest BCUT2D eigenvalue weighted by Gasteiger charge is -2.27. The van der Waals surface area contributed by atoms with Crippen molar-refractivity contribution in [3.63, 3.8) is 0 Å². The zero-order chi connectivity index (χ0) is 21.1. The van der Waals surface area contributed by atoms with Crippen LogP contribution in [0.15, 0.2) is 54.6 Å². The molecule has 3 rings (SSSR count). The fourth-order valence-electron chi connectivity index (χ4n) is 2.92. The molecule has 2 aromatic rings. The maximum atomic E-state index is 13.0. The summed E-state index contributed by atoms with van der Waals surface area (Å²) in [6.07, 6.45) is 3.27. The third kappa shape index (κ3) is 3.86. The van der Waals surface area contributed by atoms with Crippen molar-refractivity contribution in [2.75, 3.05) is 12.0 Å². The van der Waals surface area contributed by atoms with E-state index in [1.54, 1.807) is 24.3 Å². The Morgan fingerprint density at radius 3 is 2.62 bits per heavy atom. The maximum absolute atomic E-state index is 13.0.